The number of carbonyl (C=O) groups excluding carboxylic acids is 1. The monoisotopic (exact) mass is 425 g/mol. The molecule has 4 heteroatoms. The van der Waals surface area contributed by atoms with Gasteiger partial charge in [0.2, 0.25) is 0 Å². The van der Waals surface area contributed by atoms with E-state index < -0.39 is 5.60 Å². The van der Waals surface area contributed by atoms with Gasteiger partial charge in [-0.25, -0.2) is 4.79 Å². The van der Waals surface area contributed by atoms with Gasteiger partial charge in [0.15, 0.2) is 0 Å². The highest BCUT2D eigenvalue weighted by molar-refractivity contribution is 5.76. The van der Waals surface area contributed by atoms with Gasteiger partial charge in [0.1, 0.15) is 5.60 Å². The van der Waals surface area contributed by atoms with Crippen LogP contribution in [0.25, 0.3) is 5.57 Å². The number of nitrogens with zero attached hydrogens (tertiary/aromatic N) is 1. The lowest BCUT2D eigenvalue weighted by Gasteiger charge is -2.45. The molecular formula is C27H39NO3. The fraction of sp³-hybridized carbons (Fsp3) is 0.667. The number of amides is 1. The summed E-state index contributed by atoms with van der Waals surface area (Å²) in [6.45, 7) is 18.6. The summed E-state index contributed by atoms with van der Waals surface area (Å²) in [6.07, 6.45) is 5.25. The zero-order valence-electron chi connectivity index (χ0n) is 20.6. The predicted molar refractivity (Wildman–Crippen MR) is 126 cm³/mol. The molecule has 1 aromatic rings. The van der Waals surface area contributed by atoms with Crippen LogP contribution < -0.4 is 0 Å². The minimum Gasteiger partial charge on any atom is -0.444 e. The van der Waals surface area contributed by atoms with Crippen LogP contribution in [0.15, 0.2) is 18.2 Å². The Bertz CT molecular complexity index is 919. The summed E-state index contributed by atoms with van der Waals surface area (Å²) in [7, 11) is 0. The second-order valence-electron chi connectivity index (χ2n) is 12.0. The first-order valence-electron chi connectivity index (χ1n) is 11.7. The Labute approximate surface area is 188 Å². The van der Waals surface area contributed by atoms with Gasteiger partial charge in [-0.2, -0.15) is 0 Å². The molecule has 1 saturated heterocycles. The van der Waals surface area contributed by atoms with Crippen molar-refractivity contribution >= 4 is 11.7 Å². The summed E-state index contributed by atoms with van der Waals surface area (Å²) in [5.41, 5.74) is 6.91. The van der Waals surface area contributed by atoms with Crippen molar-refractivity contribution in [1.29, 1.82) is 0 Å². The molecule has 4 rings (SSSR count). The zero-order chi connectivity index (χ0) is 22.8. The van der Waals surface area contributed by atoms with Gasteiger partial charge in [-0.15, -0.1) is 0 Å². The fourth-order valence-electron chi connectivity index (χ4n) is 5.46. The Hall–Kier alpha value is -1.81. The van der Waals surface area contributed by atoms with Crippen molar-refractivity contribution < 1.29 is 14.3 Å². The molecular weight excluding hydrogens is 386 g/mol. The van der Waals surface area contributed by atoms with Gasteiger partial charge in [-0.05, 0) is 85.6 Å². The number of benzene rings is 1. The van der Waals surface area contributed by atoms with Gasteiger partial charge in [0.05, 0.1) is 25.3 Å². The van der Waals surface area contributed by atoms with E-state index in [1.807, 2.05) is 25.7 Å². The first kappa shape index (κ1) is 22.4. The Morgan fingerprint density at radius 1 is 1.06 bits per heavy atom. The number of hydrogen-bond acceptors (Lipinski definition) is 3. The summed E-state index contributed by atoms with van der Waals surface area (Å²) in [5.74, 6) is 0. The van der Waals surface area contributed by atoms with Crippen molar-refractivity contribution in [2.45, 2.75) is 103 Å². The van der Waals surface area contributed by atoms with Crippen LogP contribution in [0.3, 0.4) is 0 Å². The van der Waals surface area contributed by atoms with Crippen molar-refractivity contribution in [3.63, 3.8) is 0 Å². The molecule has 2 bridgehead atoms. The first-order valence-corrected chi connectivity index (χ1v) is 11.7. The SMILES string of the molecule is Cc1cc2c(cc1C1=CC3COCC(C1)N3C(=O)OC(C)(C)C)C(C)(C)CCC2(C)C. The highest BCUT2D eigenvalue weighted by Gasteiger charge is 2.42. The Balaban J connectivity index is 1.72. The van der Waals surface area contributed by atoms with Crippen LogP contribution in [0.1, 0.15) is 90.0 Å². The lowest BCUT2D eigenvalue weighted by Crippen LogP contribution is -2.57. The minimum absolute atomic E-state index is 0.0217. The van der Waals surface area contributed by atoms with E-state index in [2.05, 4.69) is 52.8 Å². The second-order valence-corrected chi connectivity index (χ2v) is 12.0. The van der Waals surface area contributed by atoms with Crippen molar-refractivity contribution in [2.75, 3.05) is 13.2 Å². The van der Waals surface area contributed by atoms with Gasteiger partial charge in [0.25, 0.3) is 0 Å². The third-order valence-corrected chi connectivity index (χ3v) is 7.35. The van der Waals surface area contributed by atoms with Crippen molar-refractivity contribution in [3.05, 3.63) is 40.5 Å². The summed E-state index contributed by atoms with van der Waals surface area (Å²) in [5, 5.41) is 0. The minimum atomic E-state index is -0.496. The molecule has 0 aromatic heterocycles. The van der Waals surface area contributed by atoms with Crippen LogP contribution in [-0.2, 0) is 20.3 Å². The van der Waals surface area contributed by atoms with E-state index in [0.717, 1.165) is 6.42 Å². The maximum atomic E-state index is 12.9. The van der Waals surface area contributed by atoms with E-state index >= 15 is 0 Å². The van der Waals surface area contributed by atoms with Gasteiger partial charge >= 0.3 is 6.09 Å². The van der Waals surface area contributed by atoms with Crippen LogP contribution in [0.2, 0.25) is 0 Å². The second kappa shape index (κ2) is 7.37. The zero-order valence-corrected chi connectivity index (χ0v) is 20.6. The van der Waals surface area contributed by atoms with Gasteiger partial charge in [0, 0.05) is 0 Å². The molecule has 31 heavy (non-hydrogen) atoms. The predicted octanol–water partition coefficient (Wildman–Crippen LogP) is 6.14. The first-order chi connectivity index (χ1) is 14.3. The van der Waals surface area contributed by atoms with Crippen molar-refractivity contribution in [3.8, 4) is 0 Å². The van der Waals surface area contributed by atoms with E-state index in [0.29, 0.717) is 13.2 Å². The van der Waals surface area contributed by atoms with Crippen LogP contribution in [-0.4, -0.2) is 41.9 Å². The van der Waals surface area contributed by atoms with Crippen LogP contribution in [0.5, 0.6) is 0 Å². The molecule has 0 N–H and O–H groups in total. The molecule has 1 aliphatic carbocycles. The molecule has 3 aliphatic rings. The number of carbonyl (C=O) groups is 1. The highest BCUT2D eigenvalue weighted by Crippen LogP contribution is 2.48. The van der Waals surface area contributed by atoms with E-state index in [1.54, 1.807) is 0 Å². The largest absolute Gasteiger partial charge is 0.444 e. The molecule has 2 atom stereocenters. The number of aryl methyl sites for hydroxylation is 1. The number of morpholine rings is 1. The maximum Gasteiger partial charge on any atom is 0.411 e. The smallest absolute Gasteiger partial charge is 0.411 e. The van der Waals surface area contributed by atoms with E-state index in [4.69, 9.17) is 9.47 Å². The number of fused-ring (bicyclic) bond motifs is 3. The summed E-state index contributed by atoms with van der Waals surface area (Å²) in [4.78, 5) is 14.8. The lowest BCUT2D eigenvalue weighted by molar-refractivity contribution is -0.0510. The maximum absolute atomic E-state index is 12.9. The van der Waals surface area contributed by atoms with Gasteiger partial charge in [-0.3, -0.25) is 4.90 Å². The molecule has 2 aliphatic heterocycles. The van der Waals surface area contributed by atoms with Crippen LogP contribution in [0.4, 0.5) is 4.79 Å². The Morgan fingerprint density at radius 2 is 1.68 bits per heavy atom. The van der Waals surface area contributed by atoms with Crippen LogP contribution >= 0.6 is 0 Å². The Kier molecular flexibility index (Phi) is 5.32. The molecule has 0 saturated carbocycles. The standard InChI is InChI=1S/C27H39NO3/c1-17-11-22-23(27(7,8)10-9-26(22,5)6)14-21(17)18-12-19-15-30-16-20(13-18)28(19)24(29)31-25(2,3)4/h11-12,14,19-20H,9-10,13,15-16H2,1-8H3. The average molecular weight is 426 g/mol. The fourth-order valence-corrected chi connectivity index (χ4v) is 5.46. The van der Waals surface area contributed by atoms with E-state index in [-0.39, 0.29) is 29.0 Å². The quantitative estimate of drug-likeness (QED) is 0.543. The van der Waals surface area contributed by atoms with Crippen molar-refractivity contribution in [2.24, 2.45) is 0 Å². The van der Waals surface area contributed by atoms with Crippen molar-refractivity contribution in [1.82, 2.24) is 4.90 Å². The summed E-state index contributed by atoms with van der Waals surface area (Å²) in [6, 6.07) is 4.83. The highest BCUT2D eigenvalue weighted by atomic mass is 16.6. The summed E-state index contributed by atoms with van der Waals surface area (Å²) < 4.78 is 11.5. The molecule has 170 valence electrons. The number of hydrogen-bond donors (Lipinski definition) is 0. The van der Waals surface area contributed by atoms with E-state index in [9.17, 15) is 4.79 Å². The molecule has 4 nitrogen and oxygen atoms in total. The molecule has 2 heterocycles. The average Bonchev–Trinajstić information content (AvgIpc) is 2.63. The van der Waals surface area contributed by atoms with Gasteiger partial charge < -0.3 is 9.47 Å². The third kappa shape index (κ3) is 4.16. The topological polar surface area (TPSA) is 38.8 Å². The van der Waals surface area contributed by atoms with E-state index in [1.165, 1.54) is 40.7 Å². The summed E-state index contributed by atoms with van der Waals surface area (Å²) >= 11 is 0. The molecule has 1 amide bonds. The Morgan fingerprint density at radius 3 is 2.26 bits per heavy atom. The van der Waals surface area contributed by atoms with Gasteiger partial charge in [-0.1, -0.05) is 45.9 Å². The number of ether oxygens (including phenoxy) is 2. The number of rotatable bonds is 1. The third-order valence-electron chi connectivity index (χ3n) is 7.35. The molecule has 0 radical (unpaired) electrons. The molecule has 1 aromatic carbocycles. The molecule has 2 unspecified atom stereocenters. The normalized spacial score (nSPS) is 26.7. The lowest BCUT2D eigenvalue weighted by atomic mass is 9.62. The molecule has 0 spiro atoms. The molecule has 1 fully saturated rings. The van der Waals surface area contributed by atoms with Crippen LogP contribution in [0, 0.1) is 6.92 Å².